The van der Waals surface area contributed by atoms with Crippen molar-refractivity contribution >= 4 is 0 Å². The first-order valence-corrected chi connectivity index (χ1v) is 7.37. The van der Waals surface area contributed by atoms with E-state index in [0.717, 1.165) is 12.5 Å². The number of likely N-dealkylation sites (N-methyl/N-ethyl adjacent to an activating group) is 1. The summed E-state index contributed by atoms with van der Waals surface area (Å²) in [7, 11) is 2.23. The molecule has 3 nitrogen and oxygen atoms in total. The largest absolute Gasteiger partial charge is 0.330 e. The van der Waals surface area contributed by atoms with Gasteiger partial charge in [0.1, 0.15) is 0 Å². The molecule has 1 unspecified atom stereocenters. The summed E-state index contributed by atoms with van der Waals surface area (Å²) < 4.78 is 0. The summed E-state index contributed by atoms with van der Waals surface area (Å²) in [6, 6.07) is 0. The Balaban J connectivity index is 2.12. The summed E-state index contributed by atoms with van der Waals surface area (Å²) in [6.45, 7) is 9.48. The lowest BCUT2D eigenvalue weighted by molar-refractivity contribution is 0.262. The van der Waals surface area contributed by atoms with Gasteiger partial charge in [-0.25, -0.2) is 0 Å². The SMILES string of the molecule is CCC(CCN)CCCN1CCCN(C)CC1. The molecular formula is C14H31N3. The van der Waals surface area contributed by atoms with Gasteiger partial charge in [0.15, 0.2) is 0 Å². The van der Waals surface area contributed by atoms with Gasteiger partial charge in [0.2, 0.25) is 0 Å². The van der Waals surface area contributed by atoms with Gasteiger partial charge in [-0.2, -0.15) is 0 Å². The van der Waals surface area contributed by atoms with Crippen LogP contribution in [0.3, 0.4) is 0 Å². The van der Waals surface area contributed by atoms with Gasteiger partial charge in [-0.15, -0.1) is 0 Å². The summed E-state index contributed by atoms with van der Waals surface area (Å²) in [5, 5.41) is 0. The average Bonchev–Trinajstić information content (AvgIpc) is 2.53. The third-order valence-electron chi connectivity index (χ3n) is 4.05. The van der Waals surface area contributed by atoms with Crippen LogP contribution in [0, 0.1) is 5.92 Å². The zero-order valence-corrected chi connectivity index (χ0v) is 11.8. The molecule has 0 aromatic heterocycles. The Morgan fingerprint density at radius 2 is 1.94 bits per heavy atom. The molecule has 1 saturated heterocycles. The van der Waals surface area contributed by atoms with Crippen molar-refractivity contribution in [2.24, 2.45) is 11.7 Å². The van der Waals surface area contributed by atoms with E-state index in [0.29, 0.717) is 0 Å². The molecule has 102 valence electrons. The van der Waals surface area contributed by atoms with Crippen LogP contribution in [0.2, 0.25) is 0 Å². The molecule has 0 aromatic rings. The predicted octanol–water partition coefficient (Wildman–Crippen LogP) is 1.78. The van der Waals surface area contributed by atoms with Crippen LogP contribution in [0.4, 0.5) is 0 Å². The fourth-order valence-corrected chi connectivity index (χ4v) is 2.72. The number of nitrogens with zero attached hydrogens (tertiary/aromatic N) is 2. The van der Waals surface area contributed by atoms with Crippen LogP contribution in [0.15, 0.2) is 0 Å². The maximum Gasteiger partial charge on any atom is 0.0109 e. The molecule has 1 rings (SSSR count). The van der Waals surface area contributed by atoms with Crippen molar-refractivity contribution in [1.82, 2.24) is 9.80 Å². The highest BCUT2D eigenvalue weighted by molar-refractivity contribution is 4.68. The first-order valence-electron chi connectivity index (χ1n) is 7.37. The first kappa shape index (κ1) is 14.9. The molecule has 3 heteroatoms. The number of hydrogen-bond acceptors (Lipinski definition) is 3. The highest BCUT2D eigenvalue weighted by Gasteiger charge is 2.12. The third kappa shape index (κ3) is 6.39. The molecule has 0 saturated carbocycles. The summed E-state index contributed by atoms with van der Waals surface area (Å²) >= 11 is 0. The fourth-order valence-electron chi connectivity index (χ4n) is 2.72. The lowest BCUT2D eigenvalue weighted by Crippen LogP contribution is -2.30. The maximum absolute atomic E-state index is 5.64. The van der Waals surface area contributed by atoms with E-state index in [1.165, 1.54) is 64.8 Å². The molecule has 1 heterocycles. The second-order valence-corrected chi connectivity index (χ2v) is 5.49. The Hall–Kier alpha value is -0.120. The second-order valence-electron chi connectivity index (χ2n) is 5.49. The quantitative estimate of drug-likeness (QED) is 0.737. The molecule has 1 aliphatic heterocycles. The molecule has 0 bridgehead atoms. The molecular weight excluding hydrogens is 210 g/mol. The smallest absolute Gasteiger partial charge is 0.0109 e. The highest BCUT2D eigenvalue weighted by Crippen LogP contribution is 2.15. The van der Waals surface area contributed by atoms with Crippen LogP contribution in [-0.4, -0.2) is 56.1 Å². The monoisotopic (exact) mass is 241 g/mol. The van der Waals surface area contributed by atoms with E-state index in [1.807, 2.05) is 0 Å². The van der Waals surface area contributed by atoms with Crippen LogP contribution in [0.1, 0.15) is 39.0 Å². The van der Waals surface area contributed by atoms with Gasteiger partial charge < -0.3 is 15.5 Å². The van der Waals surface area contributed by atoms with Crippen molar-refractivity contribution in [1.29, 1.82) is 0 Å². The molecule has 0 radical (unpaired) electrons. The Kier molecular flexibility index (Phi) is 7.82. The second kappa shape index (κ2) is 8.90. The topological polar surface area (TPSA) is 32.5 Å². The molecule has 1 aliphatic rings. The maximum atomic E-state index is 5.64. The summed E-state index contributed by atoms with van der Waals surface area (Å²) in [5.41, 5.74) is 5.64. The van der Waals surface area contributed by atoms with Crippen LogP contribution < -0.4 is 5.73 Å². The molecule has 0 amide bonds. The molecule has 17 heavy (non-hydrogen) atoms. The van der Waals surface area contributed by atoms with E-state index in [2.05, 4.69) is 23.8 Å². The van der Waals surface area contributed by atoms with Crippen LogP contribution in [0.5, 0.6) is 0 Å². The van der Waals surface area contributed by atoms with Crippen molar-refractivity contribution in [2.45, 2.75) is 39.0 Å². The van der Waals surface area contributed by atoms with Gasteiger partial charge in [0.05, 0.1) is 0 Å². The fraction of sp³-hybridized carbons (Fsp3) is 1.00. The van der Waals surface area contributed by atoms with Gasteiger partial charge in [-0.3, -0.25) is 0 Å². The molecule has 2 N–H and O–H groups in total. The van der Waals surface area contributed by atoms with Gasteiger partial charge >= 0.3 is 0 Å². The van der Waals surface area contributed by atoms with Gasteiger partial charge in [0, 0.05) is 13.1 Å². The Morgan fingerprint density at radius 1 is 1.12 bits per heavy atom. The molecule has 0 aromatic carbocycles. The van der Waals surface area contributed by atoms with Crippen molar-refractivity contribution < 1.29 is 0 Å². The molecule has 1 atom stereocenters. The van der Waals surface area contributed by atoms with E-state index >= 15 is 0 Å². The minimum absolute atomic E-state index is 0.854. The van der Waals surface area contributed by atoms with E-state index in [1.54, 1.807) is 0 Å². The molecule has 1 fully saturated rings. The standard InChI is InChI=1S/C14H31N3/c1-3-14(7-8-15)6-4-10-17-11-5-9-16(2)12-13-17/h14H,3-13,15H2,1-2H3. The van der Waals surface area contributed by atoms with Crippen LogP contribution >= 0.6 is 0 Å². The van der Waals surface area contributed by atoms with Crippen molar-refractivity contribution in [3.8, 4) is 0 Å². The van der Waals surface area contributed by atoms with Crippen molar-refractivity contribution in [3.05, 3.63) is 0 Å². The van der Waals surface area contributed by atoms with E-state index in [4.69, 9.17) is 5.73 Å². The van der Waals surface area contributed by atoms with Crippen molar-refractivity contribution in [3.63, 3.8) is 0 Å². The van der Waals surface area contributed by atoms with Gasteiger partial charge in [0.25, 0.3) is 0 Å². The Bertz CT molecular complexity index is 184. The Morgan fingerprint density at radius 3 is 2.65 bits per heavy atom. The van der Waals surface area contributed by atoms with E-state index in [-0.39, 0.29) is 0 Å². The van der Waals surface area contributed by atoms with Crippen molar-refractivity contribution in [2.75, 3.05) is 46.3 Å². The molecule has 0 spiro atoms. The van der Waals surface area contributed by atoms with E-state index in [9.17, 15) is 0 Å². The summed E-state index contributed by atoms with van der Waals surface area (Å²) in [6.07, 6.45) is 6.54. The summed E-state index contributed by atoms with van der Waals surface area (Å²) in [4.78, 5) is 5.09. The average molecular weight is 241 g/mol. The third-order valence-corrected chi connectivity index (χ3v) is 4.05. The summed E-state index contributed by atoms with van der Waals surface area (Å²) in [5.74, 6) is 0.856. The minimum atomic E-state index is 0.854. The normalized spacial score (nSPS) is 21.4. The minimum Gasteiger partial charge on any atom is -0.330 e. The number of nitrogens with two attached hydrogens (primary N) is 1. The zero-order chi connectivity index (χ0) is 12.5. The van der Waals surface area contributed by atoms with Gasteiger partial charge in [-0.05, 0) is 64.8 Å². The highest BCUT2D eigenvalue weighted by atomic mass is 15.2. The van der Waals surface area contributed by atoms with Gasteiger partial charge in [-0.1, -0.05) is 13.3 Å². The molecule has 0 aliphatic carbocycles. The zero-order valence-electron chi connectivity index (χ0n) is 11.8. The predicted molar refractivity (Wildman–Crippen MR) is 75.2 cm³/mol. The Labute approximate surface area is 107 Å². The number of hydrogen-bond donors (Lipinski definition) is 1. The first-order chi connectivity index (χ1) is 8.26. The lowest BCUT2D eigenvalue weighted by atomic mass is 9.96. The number of rotatable bonds is 7. The van der Waals surface area contributed by atoms with Crippen LogP contribution in [0.25, 0.3) is 0 Å². The lowest BCUT2D eigenvalue weighted by Gasteiger charge is -2.21. The van der Waals surface area contributed by atoms with Crippen LogP contribution in [-0.2, 0) is 0 Å². The van der Waals surface area contributed by atoms with E-state index < -0.39 is 0 Å².